The minimum Gasteiger partial charge on any atom is -0.509 e. The molecule has 1 aliphatic rings. The van der Waals surface area contributed by atoms with Crippen molar-refractivity contribution in [1.82, 2.24) is 0 Å². The lowest BCUT2D eigenvalue weighted by Gasteiger charge is -2.20. The summed E-state index contributed by atoms with van der Waals surface area (Å²) in [6.45, 7) is 0. The first kappa shape index (κ1) is 7.54. The van der Waals surface area contributed by atoms with Gasteiger partial charge in [0.25, 0.3) is 0 Å². The highest BCUT2D eigenvalue weighted by atomic mass is 35.5. The lowest BCUT2D eigenvalue weighted by atomic mass is 10.1. The number of allylic oxidation sites excluding steroid dienone is 4. The van der Waals surface area contributed by atoms with Crippen molar-refractivity contribution in [3.05, 3.63) is 24.0 Å². The summed E-state index contributed by atoms with van der Waals surface area (Å²) in [4.78, 5) is 0. The molecule has 0 fully saturated rings. The Bertz CT molecular complexity index is 198. The molecule has 0 aromatic carbocycles. The van der Waals surface area contributed by atoms with Crippen molar-refractivity contribution in [2.24, 2.45) is 0 Å². The average molecular weight is 167 g/mol. The van der Waals surface area contributed by atoms with E-state index in [0.29, 0.717) is 0 Å². The Kier molecular flexibility index (Phi) is 1.68. The van der Waals surface area contributed by atoms with E-state index in [-0.39, 0.29) is 0 Å². The van der Waals surface area contributed by atoms with Gasteiger partial charge in [-0.3, -0.25) is 0 Å². The predicted molar refractivity (Wildman–Crippen MR) is 34.4 cm³/mol. The zero-order valence-electron chi connectivity index (χ0n) is 4.89. The maximum Gasteiger partial charge on any atom is 0.240 e. The lowest BCUT2D eigenvalue weighted by molar-refractivity contribution is 0.148. The monoisotopic (exact) mass is 166 g/mol. The Labute approximate surface area is 61.6 Å². The van der Waals surface area contributed by atoms with Crippen LogP contribution in [0.4, 0.5) is 8.78 Å². The fourth-order valence-corrected chi connectivity index (χ4v) is 0.826. The van der Waals surface area contributed by atoms with Gasteiger partial charge in [-0.1, -0.05) is 17.7 Å². The van der Waals surface area contributed by atoms with Gasteiger partial charge in [0.2, 0.25) is 11.3 Å². The summed E-state index contributed by atoms with van der Waals surface area (Å²) in [5.41, 5.74) is 0. The fraction of sp³-hybridized carbons (Fsp3) is 0.333. The van der Waals surface area contributed by atoms with Gasteiger partial charge >= 0.3 is 0 Å². The molecule has 0 saturated carbocycles. The van der Waals surface area contributed by atoms with Crippen LogP contribution in [0.2, 0.25) is 0 Å². The normalized spacial score (nSPS) is 39.5. The molecule has 10 heavy (non-hydrogen) atoms. The molecule has 2 atom stereocenters. The highest BCUT2D eigenvalue weighted by Crippen LogP contribution is 2.32. The van der Waals surface area contributed by atoms with Crippen molar-refractivity contribution in [2.75, 3.05) is 0 Å². The van der Waals surface area contributed by atoms with Crippen LogP contribution in [0.1, 0.15) is 0 Å². The molecular formula is C6H5ClF2O. The highest BCUT2D eigenvalue weighted by molar-refractivity contribution is 6.24. The third kappa shape index (κ3) is 1.14. The second-order valence-corrected chi connectivity index (χ2v) is 2.57. The Hall–Kier alpha value is -0.570. The van der Waals surface area contributed by atoms with E-state index in [0.717, 1.165) is 12.2 Å². The summed E-state index contributed by atoms with van der Waals surface area (Å²) >= 11 is 4.99. The molecule has 0 aromatic heterocycles. The van der Waals surface area contributed by atoms with Crippen molar-refractivity contribution < 1.29 is 13.9 Å². The smallest absolute Gasteiger partial charge is 0.240 e. The molecule has 1 rings (SSSR count). The van der Waals surface area contributed by atoms with Gasteiger partial charge in [-0.15, -0.1) is 0 Å². The van der Waals surface area contributed by atoms with Crippen LogP contribution in [0.5, 0.6) is 0 Å². The molecule has 0 spiro atoms. The van der Waals surface area contributed by atoms with E-state index in [1.54, 1.807) is 0 Å². The summed E-state index contributed by atoms with van der Waals surface area (Å²) in [6.07, 6.45) is 0.918. The quantitative estimate of drug-likeness (QED) is 0.548. The molecule has 1 N–H and O–H groups in total. The zero-order chi connectivity index (χ0) is 7.78. The molecule has 0 aromatic rings. The van der Waals surface area contributed by atoms with Crippen molar-refractivity contribution in [1.29, 1.82) is 0 Å². The summed E-state index contributed by atoms with van der Waals surface area (Å²) in [5.74, 6) is -0.681. The topological polar surface area (TPSA) is 20.2 Å². The summed E-state index contributed by atoms with van der Waals surface area (Å²) < 4.78 is 25.1. The number of hydrogen-bond acceptors (Lipinski definition) is 1. The van der Waals surface area contributed by atoms with Gasteiger partial charge in [0.1, 0.15) is 5.76 Å². The molecule has 0 radical (unpaired) electrons. The van der Waals surface area contributed by atoms with Gasteiger partial charge in [0.15, 0.2) is 0 Å². The Balaban J connectivity index is 2.89. The summed E-state index contributed by atoms with van der Waals surface area (Å²) in [7, 11) is 0. The molecule has 0 amide bonds. The van der Waals surface area contributed by atoms with Crippen molar-refractivity contribution in [2.45, 2.75) is 11.3 Å². The first-order valence-corrected chi connectivity index (χ1v) is 3.02. The Morgan fingerprint density at radius 3 is 2.70 bits per heavy atom. The molecule has 0 heterocycles. The Morgan fingerprint density at radius 1 is 1.70 bits per heavy atom. The Morgan fingerprint density at radius 2 is 2.30 bits per heavy atom. The van der Waals surface area contributed by atoms with Gasteiger partial charge in [-0.25, -0.2) is 8.78 Å². The standard InChI is InChI=1S/C6H5ClF2O/c7-6(9)3-1-2-4(10)5(6)8/h1-3,5,10H. The van der Waals surface area contributed by atoms with Crippen LogP contribution in [-0.2, 0) is 0 Å². The zero-order valence-corrected chi connectivity index (χ0v) is 5.65. The number of hydrogen-bond donors (Lipinski definition) is 1. The van der Waals surface area contributed by atoms with E-state index >= 15 is 0 Å². The van der Waals surface area contributed by atoms with E-state index in [2.05, 4.69) is 0 Å². The highest BCUT2D eigenvalue weighted by Gasteiger charge is 2.39. The van der Waals surface area contributed by atoms with Gasteiger partial charge in [0.05, 0.1) is 0 Å². The summed E-state index contributed by atoms with van der Waals surface area (Å²) in [6, 6.07) is 0. The number of aliphatic hydroxyl groups is 1. The second-order valence-electron chi connectivity index (χ2n) is 1.99. The third-order valence-electron chi connectivity index (χ3n) is 1.18. The van der Waals surface area contributed by atoms with Crippen LogP contribution in [-0.4, -0.2) is 16.4 Å². The van der Waals surface area contributed by atoms with E-state index in [9.17, 15) is 8.78 Å². The van der Waals surface area contributed by atoms with Crippen molar-refractivity contribution in [3.8, 4) is 0 Å². The molecule has 2 unspecified atom stereocenters. The molecule has 56 valence electrons. The summed E-state index contributed by atoms with van der Waals surface area (Å²) in [5, 5.41) is 6.04. The van der Waals surface area contributed by atoms with Gasteiger partial charge in [-0.05, 0) is 12.2 Å². The van der Waals surface area contributed by atoms with Crippen LogP contribution in [0.25, 0.3) is 0 Å². The largest absolute Gasteiger partial charge is 0.509 e. The number of aliphatic hydroxyl groups excluding tert-OH is 1. The minimum atomic E-state index is -2.58. The van der Waals surface area contributed by atoms with Crippen LogP contribution in [0.3, 0.4) is 0 Å². The first-order chi connectivity index (χ1) is 4.54. The molecule has 0 saturated heterocycles. The van der Waals surface area contributed by atoms with Crippen LogP contribution in [0, 0.1) is 0 Å². The molecule has 0 bridgehead atoms. The number of halogens is 3. The average Bonchev–Trinajstić information content (AvgIpc) is 1.83. The van der Waals surface area contributed by atoms with Crippen LogP contribution in [0.15, 0.2) is 24.0 Å². The van der Waals surface area contributed by atoms with Gasteiger partial charge < -0.3 is 5.11 Å². The van der Waals surface area contributed by atoms with Gasteiger partial charge in [-0.2, -0.15) is 0 Å². The van der Waals surface area contributed by atoms with E-state index in [1.165, 1.54) is 6.08 Å². The first-order valence-electron chi connectivity index (χ1n) is 2.64. The fourth-order valence-electron chi connectivity index (χ4n) is 0.641. The minimum absolute atomic E-state index is 0.681. The van der Waals surface area contributed by atoms with E-state index in [1.807, 2.05) is 0 Å². The SMILES string of the molecule is OC1=CC=CC(F)(Cl)C1F. The lowest BCUT2D eigenvalue weighted by Crippen LogP contribution is -2.29. The van der Waals surface area contributed by atoms with Crippen molar-refractivity contribution in [3.63, 3.8) is 0 Å². The molecule has 1 nitrogen and oxygen atoms in total. The number of alkyl halides is 3. The molecule has 4 heteroatoms. The van der Waals surface area contributed by atoms with Crippen LogP contribution >= 0.6 is 11.6 Å². The second kappa shape index (κ2) is 2.23. The maximum atomic E-state index is 12.6. The van der Waals surface area contributed by atoms with Crippen LogP contribution < -0.4 is 0 Å². The number of rotatable bonds is 0. The molecular weight excluding hydrogens is 162 g/mol. The molecule has 0 aliphatic heterocycles. The third-order valence-corrected chi connectivity index (χ3v) is 1.50. The van der Waals surface area contributed by atoms with E-state index < -0.39 is 17.1 Å². The predicted octanol–water partition coefficient (Wildman–Crippen LogP) is 2.24. The molecule has 1 aliphatic carbocycles. The maximum absolute atomic E-state index is 12.6. The van der Waals surface area contributed by atoms with E-state index in [4.69, 9.17) is 16.7 Å². The van der Waals surface area contributed by atoms with Crippen molar-refractivity contribution >= 4 is 11.6 Å². The van der Waals surface area contributed by atoms with Gasteiger partial charge in [0, 0.05) is 0 Å².